The molecule has 2 amide bonds. The summed E-state index contributed by atoms with van der Waals surface area (Å²) < 4.78 is 5.35. The van der Waals surface area contributed by atoms with Crippen LogP contribution in [0.25, 0.3) is 10.9 Å². The Morgan fingerprint density at radius 2 is 1.79 bits per heavy atom. The van der Waals surface area contributed by atoms with E-state index in [9.17, 15) is 9.59 Å². The summed E-state index contributed by atoms with van der Waals surface area (Å²) in [5.74, 6) is 0.414. The molecule has 2 aromatic carbocycles. The van der Waals surface area contributed by atoms with Gasteiger partial charge >= 0.3 is 6.09 Å². The molecule has 0 saturated heterocycles. The highest BCUT2D eigenvalue weighted by atomic mass is 16.5. The molecular weight excluding hydrogens is 430 g/mol. The SMILES string of the molecule is CN(C)c1ccc(NC(=O)[C@@H](Cc2c[nH]c3ccccc23)NC(=O)OCc2ccccc2)cn1. The van der Waals surface area contributed by atoms with Crippen LogP contribution in [0.1, 0.15) is 11.1 Å². The first-order valence-electron chi connectivity index (χ1n) is 11.0. The predicted molar refractivity (Wildman–Crippen MR) is 133 cm³/mol. The van der Waals surface area contributed by atoms with E-state index in [1.54, 1.807) is 12.3 Å². The third kappa shape index (κ3) is 5.72. The number of carbonyl (C=O) groups excluding carboxylic acids is 2. The second-order valence-corrected chi connectivity index (χ2v) is 8.11. The predicted octanol–water partition coefficient (Wildman–Crippen LogP) is 4.11. The number of aromatic amines is 1. The molecule has 174 valence electrons. The highest BCUT2D eigenvalue weighted by molar-refractivity contribution is 5.97. The van der Waals surface area contributed by atoms with E-state index in [1.165, 1.54) is 0 Å². The number of fused-ring (bicyclic) bond motifs is 1. The molecular formula is C26H27N5O3. The molecule has 0 aliphatic rings. The van der Waals surface area contributed by atoms with Gasteiger partial charge in [0.1, 0.15) is 18.5 Å². The third-order valence-electron chi connectivity index (χ3n) is 5.39. The Balaban J connectivity index is 1.49. The van der Waals surface area contributed by atoms with E-state index in [4.69, 9.17) is 4.74 Å². The first-order chi connectivity index (χ1) is 16.5. The lowest BCUT2D eigenvalue weighted by Crippen LogP contribution is -2.45. The number of anilines is 2. The molecule has 0 unspecified atom stereocenters. The number of carbonyl (C=O) groups is 2. The largest absolute Gasteiger partial charge is 0.445 e. The summed E-state index contributed by atoms with van der Waals surface area (Å²) >= 11 is 0. The molecule has 3 N–H and O–H groups in total. The standard InChI is InChI=1S/C26H27N5O3/c1-31(2)24-13-12-20(16-28-24)29-25(32)23(14-19-15-27-22-11-7-6-10-21(19)22)30-26(33)34-17-18-8-4-3-5-9-18/h3-13,15-16,23,27H,14,17H2,1-2H3,(H,29,32)(H,30,33)/t23-/m1/s1. The summed E-state index contributed by atoms with van der Waals surface area (Å²) in [4.78, 5) is 35.1. The second-order valence-electron chi connectivity index (χ2n) is 8.11. The van der Waals surface area contributed by atoms with Crippen molar-refractivity contribution in [3.05, 3.63) is 90.3 Å². The van der Waals surface area contributed by atoms with Gasteiger partial charge in [0.2, 0.25) is 5.91 Å². The van der Waals surface area contributed by atoms with Crippen LogP contribution in [0.4, 0.5) is 16.3 Å². The fourth-order valence-corrected chi connectivity index (χ4v) is 3.59. The van der Waals surface area contributed by atoms with Crippen LogP contribution in [-0.2, 0) is 22.6 Å². The van der Waals surface area contributed by atoms with Crippen molar-refractivity contribution >= 4 is 34.4 Å². The summed E-state index contributed by atoms with van der Waals surface area (Å²) in [7, 11) is 3.78. The van der Waals surface area contributed by atoms with Crippen LogP contribution in [0.3, 0.4) is 0 Å². The maximum atomic E-state index is 13.2. The van der Waals surface area contributed by atoms with E-state index in [1.807, 2.05) is 85.9 Å². The topological polar surface area (TPSA) is 99.4 Å². The monoisotopic (exact) mass is 457 g/mol. The van der Waals surface area contributed by atoms with Gasteiger partial charge in [0.05, 0.1) is 11.9 Å². The minimum atomic E-state index is -0.851. The Morgan fingerprint density at radius 3 is 2.53 bits per heavy atom. The Hall–Kier alpha value is -4.33. The van der Waals surface area contributed by atoms with Gasteiger partial charge in [-0.3, -0.25) is 4.79 Å². The lowest BCUT2D eigenvalue weighted by Gasteiger charge is -2.19. The molecule has 0 fully saturated rings. The van der Waals surface area contributed by atoms with Crippen LogP contribution >= 0.6 is 0 Å². The minimum Gasteiger partial charge on any atom is -0.445 e. The van der Waals surface area contributed by atoms with Gasteiger partial charge in [-0.2, -0.15) is 0 Å². The summed E-state index contributed by atoms with van der Waals surface area (Å²) in [6.07, 6.45) is 3.07. The number of H-pyrrole nitrogens is 1. The van der Waals surface area contributed by atoms with Gasteiger partial charge in [-0.05, 0) is 29.3 Å². The molecule has 4 aromatic rings. The van der Waals surface area contributed by atoms with Crippen molar-refractivity contribution in [1.29, 1.82) is 0 Å². The molecule has 0 aliphatic carbocycles. The Morgan fingerprint density at radius 1 is 1.03 bits per heavy atom. The minimum absolute atomic E-state index is 0.115. The number of amides is 2. The summed E-state index contributed by atoms with van der Waals surface area (Å²) in [5, 5.41) is 6.57. The Kier molecular flexibility index (Phi) is 7.07. The van der Waals surface area contributed by atoms with E-state index in [0.29, 0.717) is 12.1 Å². The van der Waals surface area contributed by atoms with Crippen molar-refractivity contribution in [2.24, 2.45) is 0 Å². The number of alkyl carbamates (subject to hydrolysis) is 1. The van der Waals surface area contributed by atoms with Gasteiger partial charge in [-0.25, -0.2) is 9.78 Å². The number of hydrogen-bond acceptors (Lipinski definition) is 5. The zero-order valence-electron chi connectivity index (χ0n) is 19.1. The van der Waals surface area contributed by atoms with Crippen molar-refractivity contribution in [1.82, 2.24) is 15.3 Å². The van der Waals surface area contributed by atoms with Crippen LogP contribution < -0.4 is 15.5 Å². The first-order valence-corrected chi connectivity index (χ1v) is 11.0. The van der Waals surface area contributed by atoms with Gasteiger partial charge in [-0.1, -0.05) is 48.5 Å². The number of rotatable bonds is 8. The molecule has 1 atom stereocenters. The number of benzene rings is 2. The highest BCUT2D eigenvalue weighted by Gasteiger charge is 2.24. The molecule has 0 aliphatic heterocycles. The van der Waals surface area contributed by atoms with Crippen LogP contribution in [0.5, 0.6) is 0 Å². The molecule has 8 heteroatoms. The molecule has 0 bridgehead atoms. The lowest BCUT2D eigenvalue weighted by atomic mass is 10.0. The maximum absolute atomic E-state index is 13.2. The van der Waals surface area contributed by atoms with E-state index < -0.39 is 12.1 Å². The lowest BCUT2D eigenvalue weighted by molar-refractivity contribution is -0.118. The molecule has 2 aromatic heterocycles. The fraction of sp³-hybridized carbons (Fsp3) is 0.192. The molecule has 0 saturated carbocycles. The molecule has 4 rings (SSSR count). The van der Waals surface area contributed by atoms with Gasteiger partial charge in [0, 0.05) is 37.6 Å². The summed E-state index contributed by atoms with van der Waals surface area (Å²) in [6, 6.07) is 19.9. The van der Waals surface area contributed by atoms with Crippen LogP contribution in [0.2, 0.25) is 0 Å². The number of nitrogens with one attached hydrogen (secondary N) is 3. The van der Waals surface area contributed by atoms with Crippen LogP contribution in [0.15, 0.2) is 79.1 Å². The van der Waals surface area contributed by atoms with E-state index in [-0.39, 0.29) is 12.5 Å². The van der Waals surface area contributed by atoms with E-state index in [0.717, 1.165) is 27.8 Å². The van der Waals surface area contributed by atoms with Crippen LogP contribution in [-0.4, -0.2) is 42.1 Å². The summed E-state index contributed by atoms with van der Waals surface area (Å²) in [5.41, 5.74) is 3.29. The van der Waals surface area contributed by atoms with Gasteiger partial charge < -0.3 is 25.3 Å². The number of para-hydroxylation sites is 1. The molecule has 0 radical (unpaired) electrons. The van der Waals surface area contributed by atoms with E-state index >= 15 is 0 Å². The van der Waals surface area contributed by atoms with Gasteiger partial charge in [0.25, 0.3) is 0 Å². The van der Waals surface area contributed by atoms with Crippen molar-refractivity contribution in [2.45, 2.75) is 19.1 Å². The second kappa shape index (κ2) is 10.5. The molecule has 2 heterocycles. The number of hydrogen-bond donors (Lipinski definition) is 3. The average molecular weight is 458 g/mol. The maximum Gasteiger partial charge on any atom is 0.408 e. The molecule has 0 spiro atoms. The van der Waals surface area contributed by atoms with Crippen LogP contribution in [0, 0.1) is 0 Å². The third-order valence-corrected chi connectivity index (χ3v) is 5.39. The number of nitrogens with zero attached hydrogens (tertiary/aromatic N) is 2. The Bertz CT molecular complexity index is 1250. The van der Waals surface area contributed by atoms with E-state index in [2.05, 4.69) is 20.6 Å². The highest BCUT2D eigenvalue weighted by Crippen LogP contribution is 2.20. The zero-order valence-corrected chi connectivity index (χ0v) is 19.1. The number of ether oxygens (including phenoxy) is 1. The van der Waals surface area contributed by atoms with Crippen molar-refractivity contribution in [3.8, 4) is 0 Å². The summed E-state index contributed by atoms with van der Waals surface area (Å²) in [6.45, 7) is 0.115. The number of aromatic nitrogens is 2. The zero-order chi connectivity index (χ0) is 23.9. The van der Waals surface area contributed by atoms with Gasteiger partial charge in [-0.15, -0.1) is 0 Å². The van der Waals surface area contributed by atoms with Crippen molar-refractivity contribution in [2.75, 3.05) is 24.3 Å². The smallest absolute Gasteiger partial charge is 0.408 e. The molecule has 8 nitrogen and oxygen atoms in total. The normalized spacial score (nSPS) is 11.6. The number of pyridine rings is 1. The molecule has 34 heavy (non-hydrogen) atoms. The Labute approximate surface area is 198 Å². The van der Waals surface area contributed by atoms with Crippen molar-refractivity contribution in [3.63, 3.8) is 0 Å². The first kappa shape index (κ1) is 22.8. The fourth-order valence-electron chi connectivity index (χ4n) is 3.59. The van der Waals surface area contributed by atoms with Crippen molar-refractivity contribution < 1.29 is 14.3 Å². The quantitative estimate of drug-likeness (QED) is 0.370. The van der Waals surface area contributed by atoms with Gasteiger partial charge in [0.15, 0.2) is 0 Å². The average Bonchev–Trinajstić information content (AvgIpc) is 3.26.